The molecule has 1 amide bonds. The van der Waals surface area contributed by atoms with Gasteiger partial charge in [-0.25, -0.2) is 27.8 Å². The molecule has 4 rings (SSSR count). The van der Waals surface area contributed by atoms with Crippen LogP contribution in [0.1, 0.15) is 24.8 Å². The van der Waals surface area contributed by atoms with E-state index in [2.05, 4.69) is 25.1 Å². The molecule has 3 aromatic rings. The topological polar surface area (TPSA) is 119 Å². The fourth-order valence-corrected chi connectivity index (χ4v) is 4.03. The van der Waals surface area contributed by atoms with Gasteiger partial charge in [0.1, 0.15) is 12.7 Å². The number of rotatable bonds is 8. The largest absolute Gasteiger partial charge is 0.325 e. The van der Waals surface area contributed by atoms with E-state index in [1.807, 2.05) is 0 Å². The minimum Gasteiger partial charge on any atom is -0.325 e. The number of nitrogens with one attached hydrogen (secondary N) is 2. The van der Waals surface area contributed by atoms with Crippen LogP contribution in [0.3, 0.4) is 0 Å². The summed E-state index contributed by atoms with van der Waals surface area (Å²) in [6.45, 7) is 0. The second-order valence-electron chi connectivity index (χ2n) is 6.83. The Morgan fingerprint density at radius 1 is 1.14 bits per heavy atom. The second kappa shape index (κ2) is 8.10. The van der Waals surface area contributed by atoms with Gasteiger partial charge in [-0.3, -0.25) is 4.79 Å². The van der Waals surface area contributed by atoms with Gasteiger partial charge in [0.15, 0.2) is 5.82 Å². The van der Waals surface area contributed by atoms with E-state index in [-0.39, 0.29) is 23.3 Å². The molecule has 0 aliphatic heterocycles. The van der Waals surface area contributed by atoms with Crippen molar-refractivity contribution >= 4 is 21.6 Å². The normalized spacial score (nSPS) is 13.9. The van der Waals surface area contributed by atoms with Crippen molar-refractivity contribution in [3.8, 4) is 5.82 Å². The maximum Gasteiger partial charge on any atom is 0.240 e. The molecule has 1 saturated carbocycles. The van der Waals surface area contributed by atoms with Crippen LogP contribution in [0.15, 0.2) is 60.1 Å². The first-order valence-corrected chi connectivity index (χ1v) is 10.7. The highest BCUT2D eigenvalue weighted by Crippen LogP contribution is 2.22. The zero-order chi connectivity index (χ0) is 20.3. The Morgan fingerprint density at radius 3 is 2.55 bits per heavy atom. The van der Waals surface area contributed by atoms with Crippen molar-refractivity contribution in [2.75, 3.05) is 5.32 Å². The molecule has 9 nitrogen and oxygen atoms in total. The van der Waals surface area contributed by atoms with Crippen molar-refractivity contribution < 1.29 is 13.2 Å². The number of anilines is 1. The molecule has 1 aromatic carbocycles. The minimum absolute atomic E-state index is 0.0724. The molecule has 1 aliphatic rings. The number of nitrogens with zero attached hydrogens (tertiary/aromatic N) is 4. The van der Waals surface area contributed by atoms with E-state index >= 15 is 0 Å². The lowest BCUT2D eigenvalue weighted by Gasteiger charge is -2.08. The number of carbonyl (C=O) groups excluding carboxylic acids is 1. The van der Waals surface area contributed by atoms with E-state index in [0.29, 0.717) is 17.9 Å². The van der Waals surface area contributed by atoms with Gasteiger partial charge in [-0.05, 0) is 49.1 Å². The van der Waals surface area contributed by atoms with Gasteiger partial charge >= 0.3 is 0 Å². The van der Waals surface area contributed by atoms with Crippen LogP contribution in [-0.4, -0.2) is 40.1 Å². The van der Waals surface area contributed by atoms with E-state index in [1.165, 1.54) is 11.0 Å². The van der Waals surface area contributed by atoms with Crippen LogP contribution in [0.25, 0.3) is 5.82 Å². The molecule has 2 aromatic heterocycles. The molecule has 29 heavy (non-hydrogen) atoms. The van der Waals surface area contributed by atoms with Crippen LogP contribution >= 0.6 is 0 Å². The quantitative estimate of drug-likeness (QED) is 0.581. The zero-order valence-electron chi connectivity index (χ0n) is 15.5. The Balaban J connectivity index is 1.29. The first-order chi connectivity index (χ1) is 14.0. The summed E-state index contributed by atoms with van der Waals surface area (Å²) in [4.78, 5) is 20.5. The van der Waals surface area contributed by atoms with Crippen molar-refractivity contribution in [2.45, 2.75) is 36.6 Å². The Labute approximate surface area is 168 Å². The highest BCUT2D eigenvalue weighted by Gasteiger charge is 2.27. The fourth-order valence-electron chi connectivity index (χ4n) is 2.73. The highest BCUT2D eigenvalue weighted by atomic mass is 32.2. The van der Waals surface area contributed by atoms with Gasteiger partial charge in [0.25, 0.3) is 0 Å². The first-order valence-electron chi connectivity index (χ1n) is 9.22. The molecular weight excluding hydrogens is 392 g/mol. The minimum atomic E-state index is -3.45. The van der Waals surface area contributed by atoms with Gasteiger partial charge in [-0.1, -0.05) is 12.1 Å². The number of sulfonamides is 1. The van der Waals surface area contributed by atoms with Crippen LogP contribution in [-0.2, 0) is 21.2 Å². The maximum atomic E-state index is 12.2. The molecule has 0 spiro atoms. The van der Waals surface area contributed by atoms with Gasteiger partial charge in [0.05, 0.1) is 16.8 Å². The number of aromatic nitrogens is 4. The summed E-state index contributed by atoms with van der Waals surface area (Å²) in [6.07, 6.45) is 7.09. The molecule has 10 heteroatoms. The monoisotopic (exact) mass is 412 g/mol. The van der Waals surface area contributed by atoms with E-state index in [1.54, 1.807) is 48.9 Å². The van der Waals surface area contributed by atoms with Gasteiger partial charge in [0, 0.05) is 12.5 Å². The van der Waals surface area contributed by atoms with Crippen molar-refractivity contribution in [1.29, 1.82) is 0 Å². The van der Waals surface area contributed by atoms with Crippen LogP contribution in [0, 0.1) is 0 Å². The van der Waals surface area contributed by atoms with Crippen LogP contribution in [0.2, 0.25) is 0 Å². The third-order valence-electron chi connectivity index (χ3n) is 4.46. The van der Waals surface area contributed by atoms with Crippen molar-refractivity contribution in [3.63, 3.8) is 0 Å². The van der Waals surface area contributed by atoms with Gasteiger partial charge in [-0.15, -0.1) is 0 Å². The highest BCUT2D eigenvalue weighted by molar-refractivity contribution is 7.89. The molecule has 0 unspecified atom stereocenters. The summed E-state index contributed by atoms with van der Waals surface area (Å²) in [5.74, 6) is 0.458. The van der Waals surface area contributed by atoms with Gasteiger partial charge < -0.3 is 5.32 Å². The number of aryl methyl sites for hydroxylation is 1. The van der Waals surface area contributed by atoms with Crippen molar-refractivity contribution in [3.05, 3.63) is 60.8 Å². The fraction of sp³-hybridized carbons (Fsp3) is 0.263. The number of pyridine rings is 1. The third-order valence-corrected chi connectivity index (χ3v) is 6.00. The number of amides is 1. The molecule has 0 bridgehead atoms. The summed E-state index contributed by atoms with van der Waals surface area (Å²) < 4.78 is 28.5. The lowest BCUT2D eigenvalue weighted by Crippen LogP contribution is -2.25. The average Bonchev–Trinajstić information content (AvgIpc) is 3.34. The number of hydrogen-bond donors (Lipinski definition) is 2. The molecule has 1 aliphatic carbocycles. The first kappa shape index (κ1) is 19.2. The number of carbonyl (C=O) groups is 1. The molecule has 0 atom stereocenters. The van der Waals surface area contributed by atoms with Gasteiger partial charge in [0.2, 0.25) is 15.9 Å². The Kier molecular flexibility index (Phi) is 5.36. The predicted octanol–water partition coefficient (Wildman–Crippen LogP) is 1.67. The van der Waals surface area contributed by atoms with E-state index in [0.717, 1.165) is 18.4 Å². The van der Waals surface area contributed by atoms with Crippen molar-refractivity contribution in [2.24, 2.45) is 0 Å². The molecular formula is C19H20N6O3S. The van der Waals surface area contributed by atoms with E-state index in [4.69, 9.17) is 0 Å². The molecule has 1 fully saturated rings. The van der Waals surface area contributed by atoms with Gasteiger partial charge in [-0.2, -0.15) is 5.10 Å². The summed E-state index contributed by atoms with van der Waals surface area (Å²) in [6, 6.07) is 10.2. The standard InChI is InChI=1S/C19H20N6O3S/c26-19(23-16-6-9-18(21-11-16)25-13-20-12-22-25)10-3-14-1-7-17(8-2-14)29(27,28)24-15-4-5-15/h1-2,6-9,11-13,15,24H,3-5,10H2,(H,23,26). The van der Waals surface area contributed by atoms with Crippen molar-refractivity contribution in [1.82, 2.24) is 24.5 Å². The van der Waals surface area contributed by atoms with Crippen LogP contribution in [0.4, 0.5) is 5.69 Å². The van der Waals surface area contributed by atoms with Crippen LogP contribution < -0.4 is 10.0 Å². The zero-order valence-corrected chi connectivity index (χ0v) is 16.3. The predicted molar refractivity (Wildman–Crippen MR) is 106 cm³/mol. The molecule has 150 valence electrons. The molecule has 2 N–H and O–H groups in total. The lowest BCUT2D eigenvalue weighted by molar-refractivity contribution is -0.116. The second-order valence-corrected chi connectivity index (χ2v) is 8.55. The smallest absolute Gasteiger partial charge is 0.240 e. The number of hydrogen-bond acceptors (Lipinski definition) is 6. The number of benzene rings is 1. The molecule has 2 heterocycles. The van der Waals surface area contributed by atoms with E-state index < -0.39 is 10.0 Å². The Hall–Kier alpha value is -3.11. The maximum absolute atomic E-state index is 12.2. The van der Waals surface area contributed by atoms with E-state index in [9.17, 15) is 13.2 Å². The lowest BCUT2D eigenvalue weighted by atomic mass is 10.1. The Bertz CT molecular complexity index is 1080. The average molecular weight is 412 g/mol. The third kappa shape index (κ3) is 5.04. The summed E-state index contributed by atoms with van der Waals surface area (Å²) >= 11 is 0. The molecule has 0 saturated heterocycles. The van der Waals surface area contributed by atoms with Crippen LogP contribution in [0.5, 0.6) is 0 Å². The molecule has 0 radical (unpaired) electrons. The Morgan fingerprint density at radius 2 is 1.93 bits per heavy atom. The SMILES string of the molecule is O=C(CCc1ccc(S(=O)(=O)NC2CC2)cc1)Nc1ccc(-n2cncn2)nc1. The summed E-state index contributed by atoms with van der Waals surface area (Å²) in [7, 11) is -3.45. The summed E-state index contributed by atoms with van der Waals surface area (Å²) in [5, 5.41) is 6.79. The summed E-state index contributed by atoms with van der Waals surface area (Å²) in [5.41, 5.74) is 1.48.